The van der Waals surface area contributed by atoms with Crippen molar-refractivity contribution < 1.29 is 16.0 Å². The monoisotopic (exact) mass is 365 g/mol. The van der Waals surface area contributed by atoms with Gasteiger partial charge in [0.25, 0.3) is 0 Å². The Morgan fingerprint density at radius 1 is 0.600 bits per heavy atom. The van der Waals surface area contributed by atoms with Crippen molar-refractivity contribution in [3.05, 3.63) is 65.2 Å². The zero-order chi connectivity index (χ0) is 16.8. The fourth-order valence-electron chi connectivity index (χ4n) is 2.98. The van der Waals surface area contributed by atoms with Gasteiger partial charge in [-0.05, 0) is 0 Å². The molecule has 3 aromatic heterocycles. The van der Waals surface area contributed by atoms with Gasteiger partial charge in [0, 0.05) is 0 Å². The Labute approximate surface area is 152 Å². The van der Waals surface area contributed by atoms with E-state index in [4.69, 9.17) is 0 Å². The van der Waals surface area contributed by atoms with E-state index in [-0.39, 0.29) is 0 Å². The molecule has 0 aromatic carbocycles. The topological polar surface area (TPSA) is 57.4 Å². The summed E-state index contributed by atoms with van der Waals surface area (Å²) in [4.78, 5) is 16.0. The maximum atomic E-state index is 4.65. The summed E-state index contributed by atoms with van der Waals surface area (Å²) in [6.45, 7) is 0. The van der Waals surface area contributed by atoms with E-state index in [2.05, 4.69) is 35.9 Å². The van der Waals surface area contributed by atoms with Crippen LogP contribution in [0, 0.1) is 0 Å². The van der Waals surface area contributed by atoms with Gasteiger partial charge in [-0.1, -0.05) is 0 Å². The number of fused-ring (bicyclic) bond motifs is 8. The Morgan fingerprint density at radius 2 is 1.12 bits per heavy atom. The number of rotatable bonds is 0. The molecule has 0 unspecified atom stereocenters. The van der Waals surface area contributed by atoms with Crippen LogP contribution in [-0.4, -0.2) is 19.9 Å². The third kappa shape index (κ3) is 2.84. The van der Waals surface area contributed by atoms with Crippen molar-refractivity contribution in [2.45, 2.75) is 0 Å². The molecule has 0 saturated carbocycles. The molecule has 2 aliphatic heterocycles. The van der Waals surface area contributed by atoms with Gasteiger partial charge in [-0.25, -0.2) is 0 Å². The second-order valence-electron chi connectivity index (χ2n) is 6.01. The van der Waals surface area contributed by atoms with Crippen LogP contribution in [-0.2, 0) is 16.0 Å². The second kappa shape index (κ2) is 5.59. The Kier molecular flexibility index (Phi) is 3.23. The summed E-state index contributed by atoms with van der Waals surface area (Å²) in [6, 6.07) is 14.2. The van der Waals surface area contributed by atoms with Crippen LogP contribution in [0.3, 0.4) is 0 Å². The number of aromatic amines is 2. The molecule has 5 heterocycles. The molecule has 0 aliphatic carbocycles. The standard InChI is InChI=1S/C20H13N4.Fe/c1-2-14-10-16-5-6-18(23-16)12-20-8-7-19(24-20)11-17-4-3-15(22-17)9-13(1)21-14;/h1-7,9-12,21,24H;. The number of aromatic nitrogens is 4. The summed E-state index contributed by atoms with van der Waals surface area (Å²) in [5.41, 5.74) is 7.64. The van der Waals surface area contributed by atoms with Crippen LogP contribution < -0.4 is 4.46 Å². The van der Waals surface area contributed by atoms with E-state index in [1.807, 2.05) is 66.8 Å². The predicted octanol–water partition coefficient (Wildman–Crippen LogP) is 3.83. The molecule has 5 rings (SSSR count). The van der Waals surface area contributed by atoms with E-state index in [1.165, 1.54) is 0 Å². The van der Waals surface area contributed by atoms with Gasteiger partial charge in [-0.2, -0.15) is 0 Å². The van der Waals surface area contributed by atoms with Gasteiger partial charge in [-0.15, -0.1) is 0 Å². The predicted molar refractivity (Wildman–Crippen MR) is 98.5 cm³/mol. The summed E-state index contributed by atoms with van der Waals surface area (Å²) in [5.74, 6) is 0. The number of nitrogens with zero attached hydrogens (tertiary/aromatic N) is 2. The first-order chi connectivity index (χ1) is 12.2. The molecule has 8 bridgehead atoms. The maximum absolute atomic E-state index is 4.65. The van der Waals surface area contributed by atoms with Crippen molar-refractivity contribution in [2.24, 2.45) is 0 Å². The summed E-state index contributed by atoms with van der Waals surface area (Å²) in [6.07, 6.45) is 8.04. The summed E-state index contributed by atoms with van der Waals surface area (Å²) in [7, 11) is 0. The normalized spacial score (nSPS) is 12.7. The molecular formula is C20H13FeN4. The van der Waals surface area contributed by atoms with Crippen LogP contribution in [0.2, 0.25) is 0 Å². The van der Waals surface area contributed by atoms with Crippen LogP contribution in [0.15, 0.2) is 42.5 Å². The molecule has 0 spiro atoms. The number of hydrogen-bond acceptors (Lipinski definition) is 2. The van der Waals surface area contributed by atoms with E-state index in [0.29, 0.717) is 0 Å². The van der Waals surface area contributed by atoms with Crippen molar-refractivity contribution in [1.29, 1.82) is 0 Å². The van der Waals surface area contributed by atoms with Gasteiger partial charge in [0.05, 0.1) is 0 Å². The Balaban J connectivity index is 1.87. The molecule has 5 heteroatoms. The van der Waals surface area contributed by atoms with E-state index in [9.17, 15) is 0 Å². The molecule has 0 amide bonds. The first-order valence-corrected chi connectivity index (χ1v) is 8.49. The van der Waals surface area contributed by atoms with E-state index < -0.39 is 0 Å². The van der Waals surface area contributed by atoms with Crippen molar-refractivity contribution >= 4 is 50.8 Å². The Hall–Kier alpha value is -2.88. The molecule has 0 saturated heterocycles. The van der Waals surface area contributed by atoms with Crippen LogP contribution in [0.25, 0.3) is 46.4 Å². The summed E-state index contributed by atoms with van der Waals surface area (Å²) < 4.78 is 0.941. The van der Waals surface area contributed by atoms with Crippen molar-refractivity contribution in [3.63, 3.8) is 0 Å². The molecular weight excluding hydrogens is 352 g/mol. The fraction of sp³-hybridized carbons (Fsp3) is 0. The fourth-order valence-corrected chi connectivity index (χ4v) is 3.30. The molecule has 3 aromatic rings. The summed E-state index contributed by atoms with van der Waals surface area (Å²) >= 11 is 4.11. The molecule has 0 radical (unpaired) electrons. The zero-order valence-electron chi connectivity index (χ0n) is 13.1. The third-order valence-corrected chi connectivity index (χ3v) is 4.56. The van der Waals surface area contributed by atoms with Gasteiger partial charge in [0.15, 0.2) is 0 Å². The minimum atomic E-state index is 0.906. The van der Waals surface area contributed by atoms with Crippen LogP contribution in [0.5, 0.6) is 0 Å². The molecule has 2 N–H and O–H groups in total. The van der Waals surface area contributed by atoms with Crippen LogP contribution >= 0.6 is 0 Å². The third-order valence-electron chi connectivity index (χ3n) is 4.11. The molecule has 0 fully saturated rings. The first kappa shape index (κ1) is 14.5. The zero-order valence-corrected chi connectivity index (χ0v) is 14.2. The van der Waals surface area contributed by atoms with Crippen molar-refractivity contribution in [1.82, 2.24) is 19.9 Å². The quantitative estimate of drug-likeness (QED) is 0.410. The van der Waals surface area contributed by atoms with Gasteiger partial charge in [0.2, 0.25) is 0 Å². The van der Waals surface area contributed by atoms with Crippen LogP contribution in [0.4, 0.5) is 0 Å². The molecule has 25 heavy (non-hydrogen) atoms. The first-order valence-electron chi connectivity index (χ1n) is 7.94. The Morgan fingerprint density at radius 3 is 1.72 bits per heavy atom. The molecule has 121 valence electrons. The summed E-state index contributed by atoms with van der Waals surface area (Å²) in [5, 5.41) is 0. The van der Waals surface area contributed by atoms with E-state index in [0.717, 1.165) is 49.3 Å². The SMILES string of the molecule is [Fe][c]1cc2cc3nc(cc4ccc(cc5nc(cc1[nH]2)C=C5)[nH]4)C=C3. The van der Waals surface area contributed by atoms with Crippen LogP contribution in [0.1, 0.15) is 22.8 Å². The molecule has 0 atom stereocenters. The molecule has 4 nitrogen and oxygen atoms in total. The second-order valence-corrected chi connectivity index (χ2v) is 6.60. The number of nitrogens with one attached hydrogen (secondary N) is 2. The van der Waals surface area contributed by atoms with E-state index >= 15 is 0 Å². The van der Waals surface area contributed by atoms with Gasteiger partial charge in [-0.3, -0.25) is 0 Å². The van der Waals surface area contributed by atoms with Gasteiger partial charge in [0.1, 0.15) is 0 Å². The number of H-pyrrole nitrogens is 2. The average Bonchev–Trinajstić information content (AvgIpc) is 3.33. The van der Waals surface area contributed by atoms with Crippen molar-refractivity contribution in [3.8, 4) is 0 Å². The minimum absolute atomic E-state index is 0.906. The van der Waals surface area contributed by atoms with Crippen molar-refractivity contribution in [2.75, 3.05) is 0 Å². The van der Waals surface area contributed by atoms with E-state index in [1.54, 1.807) is 0 Å². The molecule has 2 aliphatic rings. The number of hydrogen-bond donors (Lipinski definition) is 2. The Bertz CT molecular complexity index is 1210. The van der Waals surface area contributed by atoms with Gasteiger partial charge < -0.3 is 0 Å². The average molecular weight is 365 g/mol. The van der Waals surface area contributed by atoms with Gasteiger partial charge >= 0.3 is 152 Å².